The zero-order valence-electron chi connectivity index (χ0n) is 9.35. The fourth-order valence-corrected chi connectivity index (χ4v) is 2.83. The number of halogens is 1. The van der Waals surface area contributed by atoms with E-state index in [0.717, 1.165) is 4.47 Å². The van der Waals surface area contributed by atoms with Crippen LogP contribution >= 0.6 is 15.9 Å². The summed E-state index contributed by atoms with van der Waals surface area (Å²) in [7, 11) is -2.03. The summed E-state index contributed by atoms with van der Waals surface area (Å²) in [5.41, 5.74) is 0.707. The minimum Gasteiger partial charge on any atom is -0.469 e. The predicted octanol–water partition coefficient (Wildman–Crippen LogP) is 1.93. The maximum atomic E-state index is 11.7. The highest BCUT2D eigenvalue weighted by molar-refractivity contribution is 9.10. The molecule has 0 unspecified atom stereocenters. The molecule has 0 spiro atoms. The first kappa shape index (κ1) is 14.2. The Morgan fingerprint density at radius 3 is 2.41 bits per heavy atom. The molecule has 94 valence electrons. The number of sulfone groups is 1. The molecule has 0 aromatic heterocycles. The molecule has 0 saturated carbocycles. The number of methoxy groups -OCH3 is 1. The average Bonchev–Trinajstić information content (AvgIpc) is 2.29. The number of rotatable bonds is 5. The Labute approximate surface area is 109 Å². The van der Waals surface area contributed by atoms with Crippen molar-refractivity contribution in [1.29, 1.82) is 0 Å². The Morgan fingerprint density at radius 1 is 1.29 bits per heavy atom. The highest BCUT2D eigenvalue weighted by Gasteiger charge is 2.14. The lowest BCUT2D eigenvalue weighted by Crippen LogP contribution is -2.14. The molecule has 6 heteroatoms. The van der Waals surface area contributed by atoms with Gasteiger partial charge >= 0.3 is 5.97 Å². The number of hydrogen-bond donors (Lipinski definition) is 0. The Balaban J connectivity index is 2.60. The maximum Gasteiger partial charge on any atom is 0.306 e. The second-order valence-corrected chi connectivity index (χ2v) is 6.64. The lowest BCUT2D eigenvalue weighted by Gasteiger charge is -2.04. The number of carbonyl (C=O) groups is 1. The van der Waals surface area contributed by atoms with E-state index in [4.69, 9.17) is 0 Å². The van der Waals surface area contributed by atoms with E-state index in [1.54, 1.807) is 24.3 Å². The van der Waals surface area contributed by atoms with Crippen molar-refractivity contribution in [2.24, 2.45) is 0 Å². The summed E-state index contributed by atoms with van der Waals surface area (Å²) < 4.78 is 28.7. The van der Waals surface area contributed by atoms with Crippen molar-refractivity contribution in [3.05, 3.63) is 34.3 Å². The molecule has 0 saturated heterocycles. The number of benzene rings is 1. The zero-order chi connectivity index (χ0) is 12.9. The molecular weight excluding hydrogens is 308 g/mol. The van der Waals surface area contributed by atoms with Crippen LogP contribution in [0.15, 0.2) is 28.7 Å². The standard InChI is InChI=1S/C11H13BrO4S/c1-16-11(13)6-7-17(14,15)8-9-2-4-10(12)5-3-9/h2-5H,6-8H2,1H3. The molecule has 0 bridgehead atoms. The summed E-state index contributed by atoms with van der Waals surface area (Å²) >= 11 is 3.27. The van der Waals surface area contributed by atoms with Crippen LogP contribution in [0.5, 0.6) is 0 Å². The van der Waals surface area contributed by atoms with Crippen molar-refractivity contribution in [3.63, 3.8) is 0 Å². The van der Waals surface area contributed by atoms with E-state index in [-0.39, 0.29) is 17.9 Å². The molecule has 0 aliphatic heterocycles. The summed E-state index contributed by atoms with van der Waals surface area (Å²) in [6.07, 6.45) is -0.102. The number of ether oxygens (including phenoxy) is 1. The van der Waals surface area contributed by atoms with Gasteiger partial charge < -0.3 is 4.74 Å². The van der Waals surface area contributed by atoms with Gasteiger partial charge in [0, 0.05) is 4.47 Å². The molecule has 17 heavy (non-hydrogen) atoms. The summed E-state index contributed by atoms with van der Waals surface area (Å²) in [5.74, 6) is -0.753. The highest BCUT2D eigenvalue weighted by atomic mass is 79.9. The van der Waals surface area contributed by atoms with E-state index in [0.29, 0.717) is 5.56 Å². The van der Waals surface area contributed by atoms with Crippen molar-refractivity contribution in [2.75, 3.05) is 12.9 Å². The van der Waals surface area contributed by atoms with Gasteiger partial charge in [0.1, 0.15) is 0 Å². The smallest absolute Gasteiger partial charge is 0.306 e. The molecule has 1 aromatic rings. The molecule has 0 fully saturated rings. The van der Waals surface area contributed by atoms with Gasteiger partial charge in [-0.2, -0.15) is 0 Å². The monoisotopic (exact) mass is 320 g/mol. The van der Waals surface area contributed by atoms with E-state index >= 15 is 0 Å². The number of esters is 1. The first-order valence-corrected chi connectivity index (χ1v) is 7.56. The van der Waals surface area contributed by atoms with Gasteiger partial charge in [0.15, 0.2) is 9.84 Å². The largest absolute Gasteiger partial charge is 0.469 e. The van der Waals surface area contributed by atoms with Crippen LogP contribution in [0.1, 0.15) is 12.0 Å². The van der Waals surface area contributed by atoms with E-state index in [1.807, 2.05) is 0 Å². The van der Waals surface area contributed by atoms with Gasteiger partial charge in [0.2, 0.25) is 0 Å². The number of carbonyl (C=O) groups excluding carboxylic acids is 1. The molecule has 1 aromatic carbocycles. The summed E-state index contributed by atoms with van der Waals surface area (Å²) in [4.78, 5) is 10.9. The molecule has 4 nitrogen and oxygen atoms in total. The van der Waals surface area contributed by atoms with Gasteiger partial charge in [-0.1, -0.05) is 28.1 Å². The molecule has 0 atom stereocenters. The van der Waals surface area contributed by atoms with Crippen molar-refractivity contribution in [3.8, 4) is 0 Å². The zero-order valence-corrected chi connectivity index (χ0v) is 11.8. The molecule has 0 radical (unpaired) electrons. The topological polar surface area (TPSA) is 60.4 Å². The van der Waals surface area contributed by atoms with E-state index in [2.05, 4.69) is 20.7 Å². The van der Waals surface area contributed by atoms with Crippen molar-refractivity contribution < 1.29 is 17.9 Å². The van der Waals surface area contributed by atoms with Gasteiger partial charge in [-0.25, -0.2) is 8.42 Å². The highest BCUT2D eigenvalue weighted by Crippen LogP contribution is 2.13. The lowest BCUT2D eigenvalue weighted by molar-refractivity contribution is -0.140. The molecule has 0 aliphatic carbocycles. The maximum absolute atomic E-state index is 11.7. The Hall–Kier alpha value is -0.880. The minimum atomic E-state index is -3.27. The van der Waals surface area contributed by atoms with E-state index in [9.17, 15) is 13.2 Å². The van der Waals surface area contributed by atoms with Crippen LogP contribution in [0.25, 0.3) is 0 Å². The van der Waals surface area contributed by atoms with Crippen molar-refractivity contribution in [2.45, 2.75) is 12.2 Å². The van der Waals surface area contributed by atoms with Gasteiger partial charge in [0.25, 0.3) is 0 Å². The quantitative estimate of drug-likeness (QED) is 0.778. The van der Waals surface area contributed by atoms with Gasteiger partial charge in [-0.15, -0.1) is 0 Å². The SMILES string of the molecule is COC(=O)CCS(=O)(=O)Cc1ccc(Br)cc1. The Morgan fingerprint density at radius 2 is 1.88 bits per heavy atom. The molecule has 0 aliphatic rings. The fraction of sp³-hybridized carbons (Fsp3) is 0.364. The lowest BCUT2D eigenvalue weighted by atomic mass is 10.2. The van der Waals surface area contributed by atoms with Gasteiger partial charge in [-0.05, 0) is 17.7 Å². The van der Waals surface area contributed by atoms with Crippen molar-refractivity contribution >= 4 is 31.7 Å². The van der Waals surface area contributed by atoms with Crippen LogP contribution in [0, 0.1) is 0 Å². The fourth-order valence-electron chi connectivity index (χ4n) is 1.25. The van der Waals surface area contributed by atoms with Crippen LogP contribution in [0.2, 0.25) is 0 Å². The predicted molar refractivity (Wildman–Crippen MR) is 68.3 cm³/mol. The van der Waals surface area contributed by atoms with Gasteiger partial charge in [0.05, 0.1) is 25.0 Å². The Bertz CT molecular complexity index is 479. The first-order chi connectivity index (χ1) is 7.93. The molecule has 0 heterocycles. The van der Waals surface area contributed by atoms with E-state index in [1.165, 1.54) is 7.11 Å². The molecule has 0 N–H and O–H groups in total. The van der Waals surface area contributed by atoms with Crippen LogP contribution < -0.4 is 0 Å². The summed E-state index contributed by atoms with van der Waals surface area (Å²) in [5, 5.41) is 0. The summed E-state index contributed by atoms with van der Waals surface area (Å²) in [6, 6.07) is 7.04. The average molecular weight is 321 g/mol. The summed E-state index contributed by atoms with van der Waals surface area (Å²) in [6.45, 7) is 0. The second-order valence-electron chi connectivity index (χ2n) is 3.54. The van der Waals surface area contributed by atoms with Crippen molar-refractivity contribution in [1.82, 2.24) is 0 Å². The Kier molecular flexibility index (Phi) is 5.14. The van der Waals surface area contributed by atoms with E-state index < -0.39 is 15.8 Å². The van der Waals surface area contributed by atoms with Crippen LogP contribution in [0.3, 0.4) is 0 Å². The molecule has 1 rings (SSSR count). The second kappa shape index (κ2) is 6.16. The third kappa shape index (κ3) is 5.32. The third-order valence-corrected chi connectivity index (χ3v) is 4.27. The first-order valence-electron chi connectivity index (χ1n) is 4.94. The normalized spacial score (nSPS) is 11.2. The van der Waals surface area contributed by atoms with Crippen LogP contribution in [-0.2, 0) is 25.1 Å². The minimum absolute atomic E-state index is 0.0583. The van der Waals surface area contributed by atoms with Crippen LogP contribution in [-0.4, -0.2) is 27.2 Å². The van der Waals surface area contributed by atoms with Gasteiger partial charge in [-0.3, -0.25) is 4.79 Å². The third-order valence-electron chi connectivity index (χ3n) is 2.14. The van der Waals surface area contributed by atoms with Crippen LogP contribution in [0.4, 0.5) is 0 Å². The molecular formula is C11H13BrO4S. The molecule has 0 amide bonds. The number of hydrogen-bond acceptors (Lipinski definition) is 4.